The van der Waals surface area contributed by atoms with E-state index >= 15 is 0 Å². The quantitative estimate of drug-likeness (QED) is 0.816. The van der Waals surface area contributed by atoms with Crippen LogP contribution in [0.1, 0.15) is 6.42 Å². The van der Waals surface area contributed by atoms with Gasteiger partial charge in [-0.15, -0.1) is 0 Å². The van der Waals surface area contributed by atoms with Gasteiger partial charge in [-0.05, 0) is 24.3 Å². The molecule has 0 aromatic heterocycles. The normalized spacial score (nSPS) is 26.9. The Morgan fingerprint density at radius 3 is 2.35 bits per heavy atom. The van der Waals surface area contributed by atoms with Crippen LogP contribution in [-0.2, 0) is 9.84 Å². The lowest BCUT2D eigenvalue weighted by molar-refractivity contribution is -0.922. The lowest BCUT2D eigenvalue weighted by atomic mass is 10.1. The molecule has 4 nitrogen and oxygen atoms in total. The van der Waals surface area contributed by atoms with Gasteiger partial charge in [0, 0.05) is 12.1 Å². The highest BCUT2D eigenvalue weighted by atomic mass is 32.2. The highest BCUT2D eigenvalue weighted by Crippen LogP contribution is 2.15. The maximum atomic E-state index is 12.9. The predicted octanol–water partition coefficient (Wildman–Crippen LogP) is -0.282. The summed E-state index contributed by atoms with van der Waals surface area (Å²) in [4.78, 5) is 3.65. The van der Waals surface area contributed by atoms with E-state index in [2.05, 4.69) is 4.90 Å². The van der Waals surface area contributed by atoms with Crippen LogP contribution in [0.4, 0.5) is 10.1 Å². The van der Waals surface area contributed by atoms with Crippen LogP contribution in [-0.4, -0.2) is 52.1 Å². The summed E-state index contributed by atoms with van der Waals surface area (Å²) in [6.07, 6.45) is 0.800. The highest BCUT2D eigenvalue weighted by molar-refractivity contribution is 7.91. The van der Waals surface area contributed by atoms with Crippen molar-refractivity contribution in [3.63, 3.8) is 0 Å². The van der Waals surface area contributed by atoms with Gasteiger partial charge in [-0.1, -0.05) is 0 Å². The van der Waals surface area contributed by atoms with Crippen molar-refractivity contribution in [2.75, 3.05) is 42.6 Å². The Morgan fingerprint density at radius 1 is 1.15 bits per heavy atom. The number of hydrogen-bond donors (Lipinski definition) is 1. The summed E-state index contributed by atoms with van der Waals surface area (Å²) in [6, 6.07) is 6.85. The van der Waals surface area contributed by atoms with Gasteiger partial charge >= 0.3 is 0 Å². The molecule has 110 valence electrons. The third-order valence-corrected chi connectivity index (χ3v) is 6.18. The molecule has 0 amide bonds. The summed E-state index contributed by atoms with van der Waals surface area (Å²) < 4.78 is 36.0. The number of hydrogen-bond acceptors (Lipinski definition) is 3. The Morgan fingerprint density at radius 2 is 1.80 bits per heavy atom. The van der Waals surface area contributed by atoms with E-state index in [9.17, 15) is 12.8 Å². The minimum absolute atomic E-state index is 0.214. The summed E-state index contributed by atoms with van der Waals surface area (Å²) in [5, 5.41) is 0. The Hall–Kier alpha value is -1.14. The van der Waals surface area contributed by atoms with Crippen LogP contribution in [0, 0.1) is 5.82 Å². The maximum absolute atomic E-state index is 12.9. The van der Waals surface area contributed by atoms with Crippen molar-refractivity contribution < 1.29 is 17.7 Å². The predicted molar refractivity (Wildman–Crippen MR) is 76.4 cm³/mol. The van der Waals surface area contributed by atoms with Gasteiger partial charge in [0.15, 0.2) is 9.84 Å². The molecule has 0 aliphatic carbocycles. The first-order chi connectivity index (χ1) is 9.53. The molecule has 0 spiro atoms. The molecule has 20 heavy (non-hydrogen) atoms. The van der Waals surface area contributed by atoms with E-state index in [1.54, 1.807) is 12.1 Å². The third-order valence-electron chi connectivity index (χ3n) is 4.41. The summed E-state index contributed by atoms with van der Waals surface area (Å²) >= 11 is 0. The molecule has 0 bridgehead atoms. The highest BCUT2D eigenvalue weighted by Gasteiger charge is 2.36. The zero-order valence-corrected chi connectivity index (χ0v) is 12.2. The van der Waals surface area contributed by atoms with E-state index in [0.29, 0.717) is 11.5 Å². The fourth-order valence-electron chi connectivity index (χ4n) is 3.23. The first-order valence-electron chi connectivity index (χ1n) is 7.09. The van der Waals surface area contributed by atoms with Crippen molar-refractivity contribution in [1.29, 1.82) is 0 Å². The first kappa shape index (κ1) is 13.8. The molecule has 2 aliphatic rings. The molecule has 2 aliphatic heterocycles. The molecule has 2 heterocycles. The average molecular weight is 299 g/mol. The van der Waals surface area contributed by atoms with E-state index in [0.717, 1.165) is 38.3 Å². The molecule has 2 fully saturated rings. The van der Waals surface area contributed by atoms with E-state index in [4.69, 9.17) is 0 Å². The van der Waals surface area contributed by atoms with Gasteiger partial charge in [0.2, 0.25) is 0 Å². The number of anilines is 1. The number of benzene rings is 1. The number of piperazine rings is 1. The van der Waals surface area contributed by atoms with Gasteiger partial charge < -0.3 is 9.80 Å². The number of nitrogens with zero attached hydrogens (tertiary/aromatic N) is 1. The molecule has 1 atom stereocenters. The second-order valence-electron chi connectivity index (χ2n) is 5.72. The van der Waals surface area contributed by atoms with Gasteiger partial charge in [0.1, 0.15) is 17.6 Å². The number of rotatable bonds is 2. The maximum Gasteiger partial charge on any atom is 0.156 e. The summed E-state index contributed by atoms with van der Waals surface area (Å²) in [7, 11) is -2.79. The minimum atomic E-state index is -2.79. The summed E-state index contributed by atoms with van der Waals surface area (Å²) in [5.41, 5.74) is 1.05. The standard InChI is InChI=1S/C14H19FN2O2S/c15-12-1-3-13(4-2-12)16-6-8-17(9-7-16)14-5-10-20(18,19)11-14/h1-4,14H,5-11H2/p+1/t14-/m0/s1. The molecular formula is C14H20FN2O2S+. The lowest BCUT2D eigenvalue weighted by Crippen LogP contribution is -3.18. The zero-order chi connectivity index (χ0) is 14.2. The molecule has 0 saturated carbocycles. The molecule has 1 N–H and O–H groups in total. The van der Waals surface area contributed by atoms with Crippen LogP contribution in [0.25, 0.3) is 0 Å². The Balaban J connectivity index is 1.58. The van der Waals surface area contributed by atoms with Crippen molar-refractivity contribution in [2.24, 2.45) is 0 Å². The number of sulfone groups is 1. The summed E-state index contributed by atoms with van der Waals surface area (Å²) in [6.45, 7) is 3.71. The molecule has 0 radical (unpaired) electrons. The van der Waals surface area contributed by atoms with Gasteiger partial charge in [-0.25, -0.2) is 12.8 Å². The topological polar surface area (TPSA) is 41.8 Å². The smallest absolute Gasteiger partial charge is 0.156 e. The van der Waals surface area contributed by atoms with Crippen LogP contribution in [0.2, 0.25) is 0 Å². The molecule has 0 unspecified atom stereocenters. The van der Waals surface area contributed by atoms with E-state index in [1.165, 1.54) is 17.0 Å². The third kappa shape index (κ3) is 2.96. The van der Waals surface area contributed by atoms with Gasteiger partial charge in [0.05, 0.1) is 31.9 Å². The van der Waals surface area contributed by atoms with Crippen LogP contribution >= 0.6 is 0 Å². The van der Waals surface area contributed by atoms with Gasteiger partial charge in [-0.2, -0.15) is 0 Å². The van der Waals surface area contributed by atoms with Crippen molar-refractivity contribution in [1.82, 2.24) is 0 Å². The van der Waals surface area contributed by atoms with Gasteiger partial charge in [-0.3, -0.25) is 0 Å². The van der Waals surface area contributed by atoms with Crippen LogP contribution in [0.15, 0.2) is 24.3 Å². The minimum Gasteiger partial charge on any atom is -0.360 e. The van der Waals surface area contributed by atoms with E-state index in [1.807, 2.05) is 0 Å². The molecule has 6 heteroatoms. The summed E-state index contributed by atoms with van der Waals surface area (Å²) in [5.74, 6) is 0.482. The molecule has 1 aromatic carbocycles. The SMILES string of the molecule is O=S1(=O)CC[C@H]([NH+]2CCN(c3ccc(F)cc3)CC2)C1. The van der Waals surface area contributed by atoms with Crippen molar-refractivity contribution in [2.45, 2.75) is 12.5 Å². The second kappa shape index (κ2) is 5.33. The Kier molecular flexibility index (Phi) is 3.69. The average Bonchev–Trinajstić information content (AvgIpc) is 2.80. The molecule has 3 rings (SSSR count). The largest absolute Gasteiger partial charge is 0.360 e. The van der Waals surface area contributed by atoms with Crippen molar-refractivity contribution in [3.05, 3.63) is 30.1 Å². The monoisotopic (exact) mass is 299 g/mol. The van der Waals surface area contributed by atoms with Crippen LogP contribution in [0.5, 0.6) is 0 Å². The second-order valence-corrected chi connectivity index (χ2v) is 7.95. The zero-order valence-electron chi connectivity index (χ0n) is 11.4. The van der Waals surface area contributed by atoms with Crippen molar-refractivity contribution in [3.8, 4) is 0 Å². The van der Waals surface area contributed by atoms with E-state index in [-0.39, 0.29) is 11.9 Å². The molecule has 2 saturated heterocycles. The number of nitrogens with one attached hydrogen (secondary N) is 1. The molecule has 1 aromatic rings. The fourth-order valence-corrected chi connectivity index (χ4v) is 5.05. The van der Waals surface area contributed by atoms with Gasteiger partial charge in [0.25, 0.3) is 0 Å². The number of quaternary nitrogens is 1. The Bertz CT molecular complexity index is 565. The fraction of sp³-hybridized carbons (Fsp3) is 0.571. The first-order valence-corrected chi connectivity index (χ1v) is 8.91. The Labute approximate surface area is 119 Å². The van der Waals surface area contributed by atoms with Crippen LogP contribution in [0.3, 0.4) is 0 Å². The lowest BCUT2D eigenvalue weighted by Gasteiger charge is -2.36. The van der Waals surface area contributed by atoms with Crippen molar-refractivity contribution >= 4 is 15.5 Å². The molecular weight excluding hydrogens is 279 g/mol. The number of halogens is 1. The van der Waals surface area contributed by atoms with Crippen LogP contribution < -0.4 is 9.80 Å². The van der Waals surface area contributed by atoms with E-state index < -0.39 is 9.84 Å².